The average molecular weight is 514 g/mol. The predicted molar refractivity (Wildman–Crippen MR) is 156 cm³/mol. The minimum absolute atomic E-state index is 0.341. The number of rotatable bonds is 4. The van der Waals surface area contributed by atoms with Gasteiger partial charge in [0.05, 0.1) is 21.3 Å². The molecule has 4 heterocycles. The average Bonchev–Trinajstić information content (AvgIpc) is 3.50. The van der Waals surface area contributed by atoms with Crippen molar-refractivity contribution in [3.63, 3.8) is 0 Å². The third kappa shape index (κ3) is 3.96. The second kappa shape index (κ2) is 9.30. The largest absolute Gasteiger partial charge is 0.322 e. The summed E-state index contributed by atoms with van der Waals surface area (Å²) in [7, 11) is 0. The highest BCUT2D eigenvalue weighted by Gasteiger charge is 2.35. The van der Waals surface area contributed by atoms with E-state index in [0.717, 1.165) is 5.22 Å². The van der Waals surface area contributed by atoms with Crippen LogP contribution in [-0.4, -0.2) is 29.5 Å². The van der Waals surface area contributed by atoms with Gasteiger partial charge in [0.15, 0.2) is 0 Å². The van der Waals surface area contributed by atoms with E-state index in [0.29, 0.717) is 23.0 Å². The van der Waals surface area contributed by atoms with Gasteiger partial charge < -0.3 is 20.6 Å². The summed E-state index contributed by atoms with van der Waals surface area (Å²) in [4.78, 5) is 9.48. The summed E-state index contributed by atoms with van der Waals surface area (Å²) in [6.07, 6.45) is 4.17. The molecule has 0 saturated heterocycles. The first-order valence-corrected chi connectivity index (χ1v) is 13.8. The Balaban J connectivity index is 1.72. The van der Waals surface area contributed by atoms with E-state index in [9.17, 15) is 0 Å². The van der Waals surface area contributed by atoms with Crippen LogP contribution in [0.5, 0.6) is 0 Å². The Hall–Kier alpha value is -3.29. The summed E-state index contributed by atoms with van der Waals surface area (Å²) in [5.74, 6) is 1.28. The SMILES string of the molecule is Cc1cc2c(cc1C)N(C(C)C)C(=c1cc3s/c(=c4/ccc(=C(C=N)C=N)nc4)cc3s1)N2C(C)C. The number of pyridine rings is 1. The molecular formula is C29H31N5S2. The summed E-state index contributed by atoms with van der Waals surface area (Å²) in [5.41, 5.74) is 5.75. The number of benzene rings is 1. The normalized spacial score (nSPS) is 14.3. The molecule has 5 nitrogen and oxygen atoms in total. The smallest absolute Gasteiger partial charge is 0.131 e. The molecule has 1 aliphatic heterocycles. The highest BCUT2D eigenvalue weighted by Crippen LogP contribution is 2.46. The molecule has 1 aliphatic rings. The van der Waals surface area contributed by atoms with E-state index in [4.69, 9.17) is 10.8 Å². The van der Waals surface area contributed by atoms with Crippen LogP contribution in [0.4, 0.5) is 11.4 Å². The van der Waals surface area contributed by atoms with Crippen molar-refractivity contribution in [2.75, 3.05) is 9.80 Å². The maximum atomic E-state index is 7.44. The third-order valence-electron chi connectivity index (χ3n) is 6.68. The van der Waals surface area contributed by atoms with E-state index < -0.39 is 0 Å². The van der Waals surface area contributed by atoms with E-state index in [1.54, 1.807) is 11.3 Å². The van der Waals surface area contributed by atoms with Crippen molar-refractivity contribution in [3.05, 3.63) is 73.4 Å². The van der Waals surface area contributed by atoms with Crippen molar-refractivity contribution in [1.82, 2.24) is 4.98 Å². The molecule has 184 valence electrons. The second-order valence-corrected chi connectivity index (χ2v) is 12.0. The molecule has 0 atom stereocenters. The Bertz CT molecular complexity index is 1610. The predicted octanol–water partition coefficient (Wildman–Crippen LogP) is 5.92. The van der Waals surface area contributed by atoms with Gasteiger partial charge in [0, 0.05) is 55.4 Å². The molecule has 1 aromatic carbocycles. The Morgan fingerprint density at radius 2 is 1.33 bits per heavy atom. The van der Waals surface area contributed by atoms with Crippen LogP contribution in [0.15, 0.2) is 42.6 Å². The van der Waals surface area contributed by atoms with Crippen LogP contribution in [0, 0.1) is 34.4 Å². The maximum absolute atomic E-state index is 7.44. The van der Waals surface area contributed by atoms with E-state index in [-0.39, 0.29) is 0 Å². The van der Waals surface area contributed by atoms with Crippen molar-refractivity contribution >= 4 is 67.3 Å². The molecule has 3 aromatic heterocycles. The Morgan fingerprint density at radius 1 is 0.806 bits per heavy atom. The van der Waals surface area contributed by atoms with Gasteiger partial charge >= 0.3 is 0 Å². The number of aryl methyl sites for hydroxylation is 2. The van der Waals surface area contributed by atoms with Crippen LogP contribution in [-0.2, 0) is 0 Å². The van der Waals surface area contributed by atoms with Gasteiger partial charge in [-0.3, -0.25) is 4.98 Å². The molecule has 36 heavy (non-hydrogen) atoms. The van der Waals surface area contributed by atoms with E-state index >= 15 is 0 Å². The summed E-state index contributed by atoms with van der Waals surface area (Å²) in [6.45, 7) is 13.5. The molecule has 0 amide bonds. The van der Waals surface area contributed by atoms with Crippen molar-refractivity contribution in [3.8, 4) is 0 Å². The lowest BCUT2D eigenvalue weighted by Gasteiger charge is -2.30. The fourth-order valence-corrected chi connectivity index (χ4v) is 7.21. The van der Waals surface area contributed by atoms with Crippen LogP contribution >= 0.6 is 22.7 Å². The van der Waals surface area contributed by atoms with Gasteiger partial charge in [-0.1, -0.05) is 0 Å². The molecule has 0 fully saturated rings. The van der Waals surface area contributed by atoms with Crippen LogP contribution in [0.25, 0.3) is 20.8 Å². The molecule has 0 bridgehead atoms. The Morgan fingerprint density at radius 3 is 1.81 bits per heavy atom. The molecule has 0 spiro atoms. The monoisotopic (exact) mass is 513 g/mol. The summed E-state index contributed by atoms with van der Waals surface area (Å²) in [5, 5.41) is 16.6. The van der Waals surface area contributed by atoms with Crippen molar-refractivity contribution < 1.29 is 0 Å². The van der Waals surface area contributed by atoms with Crippen molar-refractivity contribution in [2.45, 2.75) is 53.6 Å². The number of hydrogen-bond donors (Lipinski definition) is 2. The molecule has 7 heteroatoms. The first-order chi connectivity index (χ1) is 17.2. The lowest BCUT2D eigenvalue weighted by molar-refractivity contribution is 0.755. The maximum Gasteiger partial charge on any atom is 0.131 e. The van der Waals surface area contributed by atoms with Gasteiger partial charge in [0.2, 0.25) is 0 Å². The van der Waals surface area contributed by atoms with Crippen molar-refractivity contribution in [2.24, 2.45) is 0 Å². The lowest BCUT2D eigenvalue weighted by atomic mass is 10.1. The van der Waals surface area contributed by atoms with E-state index in [2.05, 4.69) is 80.6 Å². The Labute approximate surface area is 219 Å². The number of nitrogens with one attached hydrogen (secondary N) is 2. The third-order valence-corrected chi connectivity index (χ3v) is 9.02. The summed E-state index contributed by atoms with van der Waals surface area (Å²) in [6, 6.07) is 13.9. The molecule has 0 saturated carbocycles. The number of hydrogen-bond acceptors (Lipinski definition) is 7. The topological polar surface area (TPSA) is 67.1 Å². The zero-order chi connectivity index (χ0) is 25.7. The Kier molecular flexibility index (Phi) is 6.30. The fraction of sp³-hybridized carbons (Fsp3) is 0.276. The van der Waals surface area contributed by atoms with E-state index in [1.165, 1.54) is 59.2 Å². The number of thiophene rings is 2. The second-order valence-electron chi connectivity index (χ2n) is 9.80. The molecule has 2 N–H and O–H groups in total. The first kappa shape index (κ1) is 24.4. The first-order valence-electron chi connectivity index (χ1n) is 12.2. The molecule has 5 rings (SSSR count). The molecular weight excluding hydrogens is 482 g/mol. The van der Waals surface area contributed by atoms with Gasteiger partial charge in [0.1, 0.15) is 5.82 Å². The zero-order valence-corrected chi connectivity index (χ0v) is 23.1. The molecule has 0 radical (unpaired) electrons. The van der Waals surface area contributed by atoms with Gasteiger partial charge in [0.25, 0.3) is 0 Å². The highest BCUT2D eigenvalue weighted by atomic mass is 32.1. The quantitative estimate of drug-likeness (QED) is 0.333. The van der Waals surface area contributed by atoms with Crippen LogP contribution in [0.3, 0.4) is 0 Å². The van der Waals surface area contributed by atoms with Gasteiger partial charge in [-0.2, -0.15) is 0 Å². The standard InChI is InChI=1S/C29H31N5S2/c1-16(2)33-23-9-18(5)19(6)10-24(23)34(17(3)4)29(33)28-12-27-26(36-28)11-25(35-27)20-7-8-22(32-15-20)21(13-30)14-31/h7-17,30-31H,1-6H3/b22-21?,25-20-,30-13?,31-14?. The lowest BCUT2D eigenvalue weighted by Crippen LogP contribution is -2.38. The van der Waals surface area contributed by atoms with Gasteiger partial charge in [-0.25, -0.2) is 0 Å². The number of anilines is 2. The molecule has 0 aliphatic carbocycles. The molecule has 0 unspecified atom stereocenters. The minimum Gasteiger partial charge on any atom is -0.322 e. The highest BCUT2D eigenvalue weighted by molar-refractivity contribution is 7.26. The van der Waals surface area contributed by atoms with Crippen molar-refractivity contribution in [1.29, 1.82) is 10.8 Å². The fourth-order valence-electron chi connectivity index (χ4n) is 4.79. The van der Waals surface area contributed by atoms with Crippen LogP contribution in [0.1, 0.15) is 38.8 Å². The van der Waals surface area contributed by atoms with Gasteiger partial charge in [-0.05, 0) is 89.1 Å². The summed E-state index contributed by atoms with van der Waals surface area (Å²) >= 11 is 3.64. The number of fused-ring (bicyclic) bond motifs is 2. The minimum atomic E-state index is 0.341. The van der Waals surface area contributed by atoms with Gasteiger partial charge in [-0.15, -0.1) is 22.7 Å². The molecule has 4 aromatic rings. The number of nitrogens with zero attached hydrogens (tertiary/aromatic N) is 3. The van der Waals surface area contributed by atoms with Crippen LogP contribution in [0.2, 0.25) is 0 Å². The summed E-state index contributed by atoms with van der Waals surface area (Å²) < 4.78 is 5.04. The number of aromatic nitrogens is 1. The zero-order valence-electron chi connectivity index (χ0n) is 21.5. The van der Waals surface area contributed by atoms with Crippen LogP contribution < -0.4 is 19.7 Å². The van der Waals surface area contributed by atoms with E-state index in [1.807, 2.05) is 29.7 Å².